The van der Waals surface area contributed by atoms with Crippen LogP contribution in [0.15, 0.2) is 24.0 Å². The minimum Gasteiger partial charge on any atom is -0.504 e. The lowest BCUT2D eigenvalue weighted by Gasteiger charge is -2.59. The van der Waals surface area contributed by atoms with E-state index in [2.05, 4.69) is 5.32 Å². The molecule has 2 bridgehead atoms. The number of ether oxygens (including phenoxy) is 2. The van der Waals surface area contributed by atoms with E-state index < -0.39 is 47.5 Å². The summed E-state index contributed by atoms with van der Waals surface area (Å²) in [5.41, 5.74) is 0.00491. The van der Waals surface area contributed by atoms with Crippen molar-refractivity contribution in [3.63, 3.8) is 0 Å². The third-order valence-electron chi connectivity index (χ3n) is 7.81. The molecule has 1 aromatic carbocycles. The van der Waals surface area contributed by atoms with Crippen LogP contribution in [0.4, 0.5) is 0 Å². The quantitative estimate of drug-likeness (QED) is 0.358. The number of nitrogens with one attached hydrogen (secondary N) is 1. The average molecular weight is 473 g/mol. The van der Waals surface area contributed by atoms with E-state index in [1.165, 1.54) is 0 Å². The first kappa shape index (κ1) is 22.7. The molecule has 1 heterocycles. The van der Waals surface area contributed by atoms with Gasteiger partial charge in [-0.25, -0.2) is 4.79 Å². The Bertz CT molecular complexity index is 1100. The van der Waals surface area contributed by atoms with Crippen molar-refractivity contribution in [2.24, 2.45) is 5.92 Å². The summed E-state index contributed by atoms with van der Waals surface area (Å²) in [5, 5.41) is 42.7. The lowest BCUT2D eigenvalue weighted by molar-refractivity contribution is -0.160. The first-order chi connectivity index (χ1) is 16.2. The summed E-state index contributed by atoms with van der Waals surface area (Å²) < 4.78 is 11.8. The SMILES string of the molecule is O=C(C[C@H](O)C(=O)O)NCCC(=O)OC1=CC[C@@]2(O)[C@@H]3CCC[C@@]24c2c(ccc(O)c2O[C@@H]14)C3. The van der Waals surface area contributed by atoms with Crippen LogP contribution in [0.1, 0.15) is 49.7 Å². The predicted octanol–water partition coefficient (Wildman–Crippen LogP) is 0.651. The standard InChI is InChI=1S/C24H27NO9/c26-14-4-3-12-10-13-2-1-7-23-19(12)20(14)34-21(23)16(5-8-24(13,23)32)33-18(29)6-9-25-17(28)11-15(27)22(30)31/h3-5,13,15,21,26-27,32H,1-2,6-11H2,(H,25,28)(H,30,31)/t13-,15+,21+,23+,24-/m1/s1. The Balaban J connectivity index is 1.32. The van der Waals surface area contributed by atoms with Crippen molar-refractivity contribution in [2.75, 3.05) is 6.54 Å². The third-order valence-corrected chi connectivity index (χ3v) is 7.81. The van der Waals surface area contributed by atoms with E-state index in [1.807, 2.05) is 6.07 Å². The van der Waals surface area contributed by atoms with Crippen molar-refractivity contribution in [3.8, 4) is 11.5 Å². The molecule has 1 aromatic rings. The number of phenolic OH excluding ortho intramolecular Hbond substituents is 1. The van der Waals surface area contributed by atoms with Crippen LogP contribution in [-0.2, 0) is 31.0 Å². The van der Waals surface area contributed by atoms with Crippen LogP contribution in [0.25, 0.3) is 0 Å². The highest BCUT2D eigenvalue weighted by Gasteiger charge is 2.70. The van der Waals surface area contributed by atoms with Crippen LogP contribution in [0.2, 0.25) is 0 Å². The number of carbonyl (C=O) groups excluding carboxylic acids is 2. The van der Waals surface area contributed by atoms with Crippen LogP contribution in [0, 0.1) is 5.92 Å². The lowest BCUT2D eigenvalue weighted by Crippen LogP contribution is -2.67. The summed E-state index contributed by atoms with van der Waals surface area (Å²) in [5.74, 6) is -2.17. The number of esters is 1. The van der Waals surface area contributed by atoms with Gasteiger partial charge in [-0.2, -0.15) is 0 Å². The Morgan fingerprint density at radius 2 is 2.09 bits per heavy atom. The smallest absolute Gasteiger partial charge is 0.333 e. The van der Waals surface area contributed by atoms with E-state index in [-0.39, 0.29) is 30.4 Å². The summed E-state index contributed by atoms with van der Waals surface area (Å²) in [4.78, 5) is 34.9. The van der Waals surface area contributed by atoms with Gasteiger partial charge in [-0.15, -0.1) is 0 Å². The molecule has 4 aliphatic rings. The zero-order valence-corrected chi connectivity index (χ0v) is 18.5. The lowest BCUT2D eigenvalue weighted by atomic mass is 9.47. The number of amides is 1. The Kier molecular flexibility index (Phi) is 5.33. The molecular weight excluding hydrogens is 446 g/mol. The van der Waals surface area contributed by atoms with Gasteiger partial charge in [0.25, 0.3) is 0 Å². The van der Waals surface area contributed by atoms with Crippen LogP contribution in [-0.4, -0.2) is 62.6 Å². The monoisotopic (exact) mass is 473 g/mol. The second kappa shape index (κ2) is 7.99. The molecule has 5 N–H and O–H groups in total. The minimum absolute atomic E-state index is 0.00849. The van der Waals surface area contributed by atoms with Crippen molar-refractivity contribution >= 4 is 17.8 Å². The zero-order chi connectivity index (χ0) is 24.3. The van der Waals surface area contributed by atoms with Crippen molar-refractivity contribution < 1.29 is 44.3 Å². The number of hydrogen-bond donors (Lipinski definition) is 5. The van der Waals surface area contributed by atoms with Gasteiger partial charge < -0.3 is 35.2 Å². The van der Waals surface area contributed by atoms with Crippen molar-refractivity contribution in [2.45, 2.75) is 68.2 Å². The highest BCUT2D eigenvalue weighted by Crippen LogP contribution is 2.67. The largest absolute Gasteiger partial charge is 0.504 e. The van der Waals surface area contributed by atoms with Crippen LogP contribution in [0.3, 0.4) is 0 Å². The maximum atomic E-state index is 12.5. The maximum Gasteiger partial charge on any atom is 0.333 e. The van der Waals surface area contributed by atoms with Gasteiger partial charge in [0.2, 0.25) is 5.91 Å². The number of carboxylic acids is 1. The van der Waals surface area contributed by atoms with Gasteiger partial charge in [0, 0.05) is 12.1 Å². The fourth-order valence-electron chi connectivity index (χ4n) is 6.35. The molecule has 10 heteroatoms. The van der Waals surface area contributed by atoms with Gasteiger partial charge in [-0.1, -0.05) is 12.5 Å². The molecule has 1 fully saturated rings. The number of aliphatic hydroxyl groups is 2. The molecule has 1 spiro atoms. The first-order valence-corrected chi connectivity index (χ1v) is 11.5. The molecule has 1 amide bonds. The Morgan fingerprint density at radius 1 is 1.29 bits per heavy atom. The van der Waals surface area contributed by atoms with Crippen molar-refractivity contribution in [1.82, 2.24) is 5.32 Å². The summed E-state index contributed by atoms with van der Waals surface area (Å²) in [7, 11) is 0. The van der Waals surface area contributed by atoms with E-state index in [1.54, 1.807) is 12.1 Å². The van der Waals surface area contributed by atoms with Gasteiger partial charge in [-0.3, -0.25) is 9.59 Å². The number of rotatable bonds is 7. The molecule has 0 saturated heterocycles. The van der Waals surface area contributed by atoms with Gasteiger partial charge in [0.1, 0.15) is 5.76 Å². The van der Waals surface area contributed by atoms with Crippen LogP contribution >= 0.6 is 0 Å². The molecular formula is C24H27NO9. The number of aliphatic carboxylic acids is 1. The molecule has 34 heavy (non-hydrogen) atoms. The van der Waals surface area contributed by atoms with E-state index in [9.17, 15) is 29.7 Å². The molecule has 1 saturated carbocycles. The van der Waals surface area contributed by atoms with Gasteiger partial charge in [0.15, 0.2) is 23.7 Å². The number of benzene rings is 1. The number of aliphatic hydroxyl groups excluding tert-OH is 1. The molecule has 3 aliphatic carbocycles. The molecule has 0 aromatic heterocycles. The van der Waals surface area contributed by atoms with Gasteiger partial charge in [0.05, 0.1) is 23.9 Å². The molecule has 5 atom stereocenters. The third kappa shape index (κ3) is 3.19. The Morgan fingerprint density at radius 3 is 2.85 bits per heavy atom. The molecule has 0 unspecified atom stereocenters. The summed E-state index contributed by atoms with van der Waals surface area (Å²) in [6.45, 7) is -0.0921. The second-order valence-electron chi connectivity index (χ2n) is 9.58. The average Bonchev–Trinajstić information content (AvgIpc) is 3.12. The second-order valence-corrected chi connectivity index (χ2v) is 9.58. The fraction of sp³-hybridized carbons (Fsp3) is 0.542. The summed E-state index contributed by atoms with van der Waals surface area (Å²) in [6.07, 6.45) is 1.76. The number of phenols is 1. The minimum atomic E-state index is -1.81. The maximum absolute atomic E-state index is 12.5. The number of aromatic hydroxyl groups is 1. The van der Waals surface area contributed by atoms with E-state index in [4.69, 9.17) is 14.6 Å². The number of carbonyl (C=O) groups is 3. The van der Waals surface area contributed by atoms with Gasteiger partial charge in [-0.05, 0) is 49.3 Å². The highest BCUT2D eigenvalue weighted by molar-refractivity contribution is 5.83. The van der Waals surface area contributed by atoms with Crippen LogP contribution < -0.4 is 10.1 Å². The molecule has 182 valence electrons. The fourth-order valence-corrected chi connectivity index (χ4v) is 6.35. The van der Waals surface area contributed by atoms with Crippen molar-refractivity contribution in [1.29, 1.82) is 0 Å². The van der Waals surface area contributed by atoms with E-state index in [0.717, 1.165) is 24.0 Å². The number of hydrogen-bond acceptors (Lipinski definition) is 8. The molecule has 10 nitrogen and oxygen atoms in total. The van der Waals surface area contributed by atoms with Crippen molar-refractivity contribution in [3.05, 3.63) is 35.1 Å². The number of carboxylic acid groups (broad SMARTS) is 1. The molecule has 0 radical (unpaired) electrons. The first-order valence-electron chi connectivity index (χ1n) is 11.5. The summed E-state index contributed by atoms with van der Waals surface area (Å²) in [6, 6.07) is 3.48. The topological polar surface area (TPSA) is 163 Å². The normalized spacial score (nSPS) is 30.9. The zero-order valence-electron chi connectivity index (χ0n) is 18.5. The highest BCUT2D eigenvalue weighted by atomic mass is 16.6. The molecule has 5 rings (SSSR count). The van der Waals surface area contributed by atoms with Crippen LogP contribution in [0.5, 0.6) is 11.5 Å². The molecule has 1 aliphatic heterocycles. The van der Waals surface area contributed by atoms with E-state index >= 15 is 0 Å². The van der Waals surface area contributed by atoms with Gasteiger partial charge >= 0.3 is 11.9 Å². The predicted molar refractivity (Wildman–Crippen MR) is 115 cm³/mol. The Labute approximate surface area is 195 Å². The van der Waals surface area contributed by atoms with E-state index in [0.29, 0.717) is 25.0 Å². The Hall–Kier alpha value is -3.11. The summed E-state index contributed by atoms with van der Waals surface area (Å²) >= 11 is 0.